The first-order valence-corrected chi connectivity index (χ1v) is 8.29. The van der Waals surface area contributed by atoms with E-state index in [2.05, 4.69) is 4.74 Å². The molecule has 3 nitrogen and oxygen atoms in total. The topological polar surface area (TPSA) is 35.5 Å². The van der Waals surface area contributed by atoms with E-state index in [0.717, 1.165) is 5.56 Å². The van der Waals surface area contributed by atoms with E-state index in [0.29, 0.717) is 5.56 Å². The first-order valence-electron chi connectivity index (χ1n) is 5.64. The Morgan fingerprint density at radius 2 is 1.68 bits per heavy atom. The molecule has 0 aromatic heterocycles. The summed E-state index contributed by atoms with van der Waals surface area (Å²) in [6, 6.07) is 3.20. The highest BCUT2D eigenvalue weighted by molar-refractivity contribution is 6.68. The molecular weight excluding hydrogens is 440 g/mol. The molecule has 0 aliphatic rings. The maximum atomic E-state index is 11.6. The van der Waals surface area contributed by atoms with Crippen LogP contribution in [0.25, 0.3) is 0 Å². The molecule has 0 atom stereocenters. The molecule has 0 bridgehead atoms. The van der Waals surface area contributed by atoms with Crippen LogP contribution in [0.5, 0.6) is 5.75 Å². The van der Waals surface area contributed by atoms with E-state index in [1.165, 1.54) is 0 Å². The summed E-state index contributed by atoms with van der Waals surface area (Å²) in [6.45, 7) is 1.28. The van der Waals surface area contributed by atoms with Crippen molar-refractivity contribution in [2.24, 2.45) is 0 Å². The molecule has 10 heteroatoms. The fourth-order valence-corrected chi connectivity index (χ4v) is 2.36. The van der Waals surface area contributed by atoms with Crippen LogP contribution < -0.4 is 4.74 Å². The van der Waals surface area contributed by atoms with Crippen LogP contribution in [0.2, 0.25) is 5.02 Å². The summed E-state index contributed by atoms with van der Waals surface area (Å²) >= 11 is 39.8. The Balaban J connectivity index is 2.95. The van der Waals surface area contributed by atoms with Crippen LogP contribution in [0, 0.1) is 6.92 Å². The lowest BCUT2D eigenvalue weighted by Crippen LogP contribution is -2.20. The summed E-state index contributed by atoms with van der Waals surface area (Å²) in [5.74, 6) is 0.102. The molecule has 0 saturated heterocycles. The molecule has 0 aliphatic carbocycles. The third-order valence-electron chi connectivity index (χ3n) is 2.22. The molecular formula is C12H9Cl7O3. The molecule has 0 saturated carbocycles. The quantitative estimate of drug-likeness (QED) is 0.302. The maximum absolute atomic E-state index is 11.6. The van der Waals surface area contributed by atoms with Crippen LogP contribution in [-0.2, 0) is 11.2 Å². The second kappa shape index (κ2) is 8.06. The minimum absolute atomic E-state index is 0.0656. The van der Waals surface area contributed by atoms with Crippen molar-refractivity contribution in [1.82, 2.24) is 0 Å². The zero-order valence-corrected chi connectivity index (χ0v) is 16.2. The van der Waals surface area contributed by atoms with Crippen LogP contribution in [0.15, 0.2) is 12.1 Å². The van der Waals surface area contributed by atoms with Crippen molar-refractivity contribution in [1.29, 1.82) is 0 Å². The average Bonchev–Trinajstić information content (AvgIpc) is 2.29. The molecule has 0 aliphatic heterocycles. The zero-order chi connectivity index (χ0) is 17.1. The van der Waals surface area contributed by atoms with Crippen molar-refractivity contribution in [3.63, 3.8) is 0 Å². The highest BCUT2D eigenvalue weighted by Gasteiger charge is 2.27. The van der Waals surface area contributed by atoms with Gasteiger partial charge in [-0.3, -0.25) is 0 Å². The molecule has 0 fully saturated rings. The van der Waals surface area contributed by atoms with Gasteiger partial charge < -0.3 is 9.47 Å². The molecule has 22 heavy (non-hydrogen) atoms. The van der Waals surface area contributed by atoms with Gasteiger partial charge in [-0.15, -0.1) is 0 Å². The Morgan fingerprint density at radius 1 is 1.09 bits per heavy atom. The summed E-state index contributed by atoms with van der Waals surface area (Å²) < 4.78 is 6.37. The minimum Gasteiger partial charge on any atom is -0.429 e. The van der Waals surface area contributed by atoms with E-state index in [1.807, 2.05) is 0 Å². The van der Waals surface area contributed by atoms with Gasteiger partial charge in [0.05, 0.1) is 0 Å². The number of rotatable bonds is 3. The second-order valence-corrected chi connectivity index (χ2v) is 9.71. The fraction of sp³-hybridized carbons (Fsp3) is 0.417. The number of aryl methyl sites for hydroxylation is 1. The third-order valence-corrected chi connectivity index (χ3v) is 3.29. The molecule has 0 heterocycles. The van der Waals surface area contributed by atoms with E-state index >= 15 is 0 Å². The number of carbonyl (C=O) groups is 1. The van der Waals surface area contributed by atoms with Gasteiger partial charge in [0.2, 0.25) is 3.79 Å². The lowest BCUT2D eigenvalue weighted by atomic mass is 10.1. The lowest BCUT2D eigenvalue weighted by Gasteiger charge is -2.17. The lowest BCUT2D eigenvalue weighted by molar-refractivity contribution is 0.100. The van der Waals surface area contributed by atoms with Gasteiger partial charge in [0.1, 0.15) is 12.4 Å². The Labute approximate surface area is 162 Å². The van der Waals surface area contributed by atoms with Crippen molar-refractivity contribution in [2.45, 2.75) is 20.9 Å². The highest BCUT2D eigenvalue weighted by Crippen LogP contribution is 2.38. The Morgan fingerprint density at radius 3 is 2.18 bits per heavy atom. The van der Waals surface area contributed by atoms with E-state index in [-0.39, 0.29) is 17.2 Å². The largest absolute Gasteiger partial charge is 0.514 e. The van der Waals surface area contributed by atoms with Crippen LogP contribution in [0.3, 0.4) is 0 Å². The molecule has 1 rings (SSSR count). The van der Waals surface area contributed by atoms with Gasteiger partial charge in [0, 0.05) is 17.0 Å². The molecule has 124 valence electrons. The van der Waals surface area contributed by atoms with E-state index < -0.39 is 20.3 Å². The maximum Gasteiger partial charge on any atom is 0.514 e. The molecule has 0 spiro atoms. The summed E-state index contributed by atoms with van der Waals surface area (Å²) in [6.07, 6.45) is -1.14. The predicted octanol–water partition coefficient (Wildman–Crippen LogP) is 6.45. The second-order valence-electron chi connectivity index (χ2n) is 4.27. The number of halogens is 7. The van der Waals surface area contributed by atoms with E-state index in [4.69, 9.17) is 85.9 Å². The SMILES string of the molecule is Cc1cc(Cl)c(CC(Cl)(Cl)Cl)c(OC(=O)OCC(Cl)(Cl)Cl)c1. The van der Waals surface area contributed by atoms with Gasteiger partial charge in [0.15, 0.2) is 3.79 Å². The minimum atomic E-state index is -1.75. The van der Waals surface area contributed by atoms with Crippen molar-refractivity contribution < 1.29 is 14.3 Å². The molecule has 0 N–H and O–H groups in total. The molecule has 0 amide bonds. The van der Waals surface area contributed by atoms with Crippen LogP contribution in [0.1, 0.15) is 11.1 Å². The van der Waals surface area contributed by atoms with Gasteiger partial charge in [-0.05, 0) is 24.6 Å². The van der Waals surface area contributed by atoms with Gasteiger partial charge in [-0.2, -0.15) is 0 Å². The number of carbonyl (C=O) groups excluding carboxylic acids is 1. The van der Waals surface area contributed by atoms with Crippen LogP contribution in [0.4, 0.5) is 4.79 Å². The Hall–Kier alpha value is 0.520. The Bertz CT molecular complexity index is 549. The molecule has 1 aromatic rings. The number of alkyl halides is 6. The van der Waals surface area contributed by atoms with Gasteiger partial charge in [0.25, 0.3) is 0 Å². The van der Waals surface area contributed by atoms with E-state index in [9.17, 15) is 4.79 Å². The monoisotopic (exact) mass is 446 g/mol. The van der Waals surface area contributed by atoms with Gasteiger partial charge in [-0.1, -0.05) is 81.2 Å². The van der Waals surface area contributed by atoms with Crippen LogP contribution in [-0.4, -0.2) is 20.3 Å². The average molecular weight is 449 g/mol. The van der Waals surface area contributed by atoms with Gasteiger partial charge in [-0.25, -0.2) is 4.79 Å². The first kappa shape index (κ1) is 20.6. The predicted molar refractivity (Wildman–Crippen MR) is 92.4 cm³/mol. The number of hydrogen-bond donors (Lipinski definition) is 0. The third kappa shape index (κ3) is 7.87. The van der Waals surface area contributed by atoms with Crippen molar-refractivity contribution in [2.75, 3.05) is 6.61 Å². The van der Waals surface area contributed by atoms with Crippen LogP contribution >= 0.6 is 81.2 Å². The standard InChI is InChI=1S/C12H9Cl7O3/c1-6-2-8(13)7(4-11(14,15)16)9(3-6)22-10(20)21-5-12(17,18)19/h2-3H,4-5H2,1H3. The fourth-order valence-electron chi connectivity index (χ4n) is 1.46. The highest BCUT2D eigenvalue weighted by atomic mass is 35.6. The zero-order valence-electron chi connectivity index (χ0n) is 10.9. The van der Waals surface area contributed by atoms with Crippen molar-refractivity contribution in [3.05, 3.63) is 28.3 Å². The summed E-state index contributed by atoms with van der Waals surface area (Å²) in [7, 11) is 0. The van der Waals surface area contributed by atoms with Gasteiger partial charge >= 0.3 is 6.16 Å². The normalized spacial score (nSPS) is 12.2. The number of benzene rings is 1. The Kier molecular flexibility index (Phi) is 7.54. The number of hydrogen-bond acceptors (Lipinski definition) is 3. The summed E-state index contributed by atoms with van der Waals surface area (Å²) in [4.78, 5) is 11.6. The molecule has 1 aromatic carbocycles. The van der Waals surface area contributed by atoms with E-state index in [1.54, 1.807) is 19.1 Å². The van der Waals surface area contributed by atoms with Crippen molar-refractivity contribution >= 4 is 87.4 Å². The summed E-state index contributed by atoms with van der Waals surface area (Å²) in [5, 5.41) is 0.288. The summed E-state index contributed by atoms with van der Waals surface area (Å²) in [5.41, 5.74) is 1.08. The van der Waals surface area contributed by atoms with Crippen molar-refractivity contribution in [3.8, 4) is 5.75 Å². The smallest absolute Gasteiger partial charge is 0.429 e. The molecule has 0 unspecified atom stereocenters. The first-order chi connectivity index (χ1) is 9.87. The number of ether oxygens (including phenoxy) is 2. The molecule has 0 radical (unpaired) electrons.